The quantitative estimate of drug-likeness (QED) is 0.0269. The van der Waals surface area contributed by atoms with Gasteiger partial charge in [-0.2, -0.15) is 8.78 Å². The Bertz CT molecular complexity index is 976. The van der Waals surface area contributed by atoms with Crippen LogP contribution in [0.4, 0.5) is 22.0 Å². The molecule has 0 aliphatic heterocycles. The largest absolute Gasteiger partial charge is 0.463 e. The maximum Gasteiger partial charge on any atom is 0.313 e. The molecule has 0 aliphatic carbocycles. The highest BCUT2D eigenvalue weighted by molar-refractivity contribution is 5.72. The predicted molar refractivity (Wildman–Crippen MR) is 158 cm³/mol. The molecular formula is C31H47F5O12. The van der Waals surface area contributed by atoms with Crippen LogP contribution in [0.1, 0.15) is 39.0 Å². The minimum atomic E-state index is -2.35. The van der Waals surface area contributed by atoms with Crippen LogP contribution in [0.25, 0.3) is 0 Å². The van der Waals surface area contributed by atoms with Gasteiger partial charge in [0.05, 0.1) is 112 Å². The van der Waals surface area contributed by atoms with E-state index in [4.69, 9.17) is 42.6 Å². The van der Waals surface area contributed by atoms with Gasteiger partial charge < -0.3 is 47.4 Å². The van der Waals surface area contributed by atoms with Crippen molar-refractivity contribution in [2.24, 2.45) is 0 Å². The number of ether oxygens (including phenoxy) is 10. The summed E-state index contributed by atoms with van der Waals surface area (Å²) in [5, 5.41) is 0. The third kappa shape index (κ3) is 21.5. The van der Waals surface area contributed by atoms with Gasteiger partial charge >= 0.3 is 11.9 Å². The molecule has 0 saturated heterocycles. The predicted octanol–water partition coefficient (Wildman–Crippen LogP) is 3.93. The summed E-state index contributed by atoms with van der Waals surface area (Å²) in [7, 11) is 0. The van der Waals surface area contributed by atoms with Crippen molar-refractivity contribution < 1.29 is 78.9 Å². The summed E-state index contributed by atoms with van der Waals surface area (Å²) in [6.07, 6.45) is 2.90. The molecule has 0 unspecified atom stereocenters. The minimum Gasteiger partial charge on any atom is -0.463 e. The Morgan fingerprint density at radius 3 is 1.12 bits per heavy atom. The first-order chi connectivity index (χ1) is 23.3. The summed E-state index contributed by atoms with van der Waals surface area (Å²) in [4.78, 5) is 23.1. The van der Waals surface area contributed by atoms with Crippen LogP contribution in [0.3, 0.4) is 0 Å². The van der Waals surface area contributed by atoms with Gasteiger partial charge in [-0.25, -0.2) is 13.2 Å². The van der Waals surface area contributed by atoms with Gasteiger partial charge in [-0.15, -0.1) is 0 Å². The van der Waals surface area contributed by atoms with Crippen LogP contribution in [-0.2, 0) is 52.2 Å². The van der Waals surface area contributed by atoms with E-state index in [9.17, 15) is 31.5 Å². The molecule has 278 valence electrons. The van der Waals surface area contributed by atoms with Crippen molar-refractivity contribution in [3.63, 3.8) is 0 Å². The fourth-order valence-corrected chi connectivity index (χ4v) is 3.44. The Balaban J connectivity index is 1.78. The number of unbranched alkanes of at least 4 members (excludes halogenated alkanes) is 2. The zero-order chi connectivity index (χ0) is 35.2. The summed E-state index contributed by atoms with van der Waals surface area (Å²) >= 11 is 0. The fraction of sp³-hybridized carbons (Fsp3) is 0.742. The Kier molecular flexibility index (Phi) is 26.7. The maximum atomic E-state index is 13.5. The van der Waals surface area contributed by atoms with Crippen molar-refractivity contribution >= 4 is 11.9 Å². The average Bonchev–Trinajstić information content (AvgIpc) is 3.08. The van der Waals surface area contributed by atoms with Gasteiger partial charge in [0.2, 0.25) is 34.8 Å². The third-order valence-corrected chi connectivity index (χ3v) is 5.92. The molecule has 0 fully saturated rings. The van der Waals surface area contributed by atoms with Gasteiger partial charge in [0.1, 0.15) is 6.61 Å². The van der Waals surface area contributed by atoms with E-state index in [0.29, 0.717) is 85.7 Å². The molecule has 0 spiro atoms. The molecule has 1 aromatic rings. The van der Waals surface area contributed by atoms with E-state index in [-0.39, 0.29) is 39.0 Å². The lowest BCUT2D eigenvalue weighted by Gasteiger charge is -2.09. The molecule has 0 saturated carbocycles. The van der Waals surface area contributed by atoms with E-state index in [0.717, 1.165) is 19.3 Å². The zero-order valence-electron chi connectivity index (χ0n) is 27.3. The second kappa shape index (κ2) is 29.4. The monoisotopic (exact) mass is 706 g/mol. The highest BCUT2D eigenvalue weighted by Gasteiger charge is 2.28. The number of benzene rings is 1. The van der Waals surface area contributed by atoms with E-state index in [2.05, 4.69) is 11.7 Å². The second-order valence-corrected chi connectivity index (χ2v) is 9.70. The molecule has 0 bridgehead atoms. The first-order valence-corrected chi connectivity index (χ1v) is 15.8. The lowest BCUT2D eigenvalue weighted by molar-refractivity contribution is -0.145. The van der Waals surface area contributed by atoms with Crippen LogP contribution in [0.5, 0.6) is 5.75 Å². The molecule has 0 amide bonds. The average molecular weight is 707 g/mol. The summed E-state index contributed by atoms with van der Waals surface area (Å²) in [6.45, 7) is 7.32. The van der Waals surface area contributed by atoms with E-state index < -0.39 is 47.2 Å². The SMILES string of the molecule is CCCCCC(=O)OCCOCCOCCOCCOCCOCCOCCOCCOCCC(=O)Oc1c(F)c(F)c(F)c(F)c1F. The summed E-state index contributed by atoms with van der Waals surface area (Å²) in [6, 6.07) is 0. The number of hydrogen-bond donors (Lipinski definition) is 0. The van der Waals surface area contributed by atoms with Crippen LogP contribution < -0.4 is 4.74 Å². The summed E-state index contributed by atoms with van der Waals surface area (Å²) in [5.74, 6) is -14.3. The van der Waals surface area contributed by atoms with Crippen molar-refractivity contribution in [3.8, 4) is 5.75 Å². The molecule has 0 heterocycles. The van der Waals surface area contributed by atoms with Crippen LogP contribution in [0, 0.1) is 29.1 Å². The number of rotatable bonds is 32. The van der Waals surface area contributed by atoms with E-state index in [1.54, 1.807) is 0 Å². The molecular weight excluding hydrogens is 659 g/mol. The van der Waals surface area contributed by atoms with Crippen LogP contribution >= 0.6 is 0 Å². The van der Waals surface area contributed by atoms with Gasteiger partial charge in [-0.05, 0) is 6.42 Å². The van der Waals surface area contributed by atoms with Gasteiger partial charge in [-0.3, -0.25) is 9.59 Å². The molecule has 12 nitrogen and oxygen atoms in total. The van der Waals surface area contributed by atoms with Crippen LogP contribution in [-0.4, -0.2) is 124 Å². The number of halogens is 5. The molecule has 0 radical (unpaired) electrons. The van der Waals surface area contributed by atoms with E-state index in [1.165, 1.54) is 0 Å². The highest BCUT2D eigenvalue weighted by Crippen LogP contribution is 2.29. The van der Waals surface area contributed by atoms with Gasteiger partial charge in [0.15, 0.2) is 0 Å². The molecule has 48 heavy (non-hydrogen) atoms. The third-order valence-electron chi connectivity index (χ3n) is 5.92. The van der Waals surface area contributed by atoms with Gasteiger partial charge in [-0.1, -0.05) is 19.8 Å². The van der Waals surface area contributed by atoms with Crippen LogP contribution in [0.2, 0.25) is 0 Å². The van der Waals surface area contributed by atoms with E-state index in [1.807, 2.05) is 0 Å². The topological polar surface area (TPSA) is 126 Å². The Labute approximate surface area is 277 Å². The normalized spacial score (nSPS) is 11.3. The minimum absolute atomic E-state index is 0.0780. The molecule has 0 N–H and O–H groups in total. The van der Waals surface area contributed by atoms with Crippen molar-refractivity contribution in [1.29, 1.82) is 0 Å². The van der Waals surface area contributed by atoms with Crippen molar-refractivity contribution in [1.82, 2.24) is 0 Å². The molecule has 1 aromatic carbocycles. The molecule has 0 aromatic heterocycles. The Hall–Kier alpha value is -2.51. The fourth-order valence-electron chi connectivity index (χ4n) is 3.44. The highest BCUT2D eigenvalue weighted by atomic mass is 19.2. The first kappa shape index (κ1) is 43.5. The molecule has 1 rings (SSSR count). The summed E-state index contributed by atoms with van der Waals surface area (Å²) in [5.41, 5.74) is 0. The van der Waals surface area contributed by atoms with Gasteiger partial charge in [0, 0.05) is 6.42 Å². The lowest BCUT2D eigenvalue weighted by Crippen LogP contribution is -2.16. The van der Waals surface area contributed by atoms with Crippen molar-refractivity contribution in [2.75, 3.05) is 112 Å². The first-order valence-electron chi connectivity index (χ1n) is 15.8. The molecule has 0 atom stereocenters. The standard InChI is InChI=1S/C31H47F5O12/c1-2-3-4-5-24(37)47-23-22-46-21-20-45-19-18-44-17-16-43-15-14-42-13-12-41-11-10-40-9-8-39-7-6-25(38)48-31-29(35)27(33)26(32)28(34)30(31)36/h2-23H2,1H3. The second-order valence-electron chi connectivity index (χ2n) is 9.70. The molecule has 0 aliphatic rings. The van der Waals surface area contributed by atoms with Crippen molar-refractivity contribution in [2.45, 2.75) is 39.0 Å². The van der Waals surface area contributed by atoms with Gasteiger partial charge in [0.25, 0.3) is 0 Å². The Morgan fingerprint density at radius 2 is 0.750 bits per heavy atom. The van der Waals surface area contributed by atoms with Crippen molar-refractivity contribution in [3.05, 3.63) is 29.1 Å². The number of carbonyl (C=O) groups is 2. The number of carbonyl (C=O) groups excluding carboxylic acids is 2. The smallest absolute Gasteiger partial charge is 0.313 e. The maximum absolute atomic E-state index is 13.5. The zero-order valence-corrected chi connectivity index (χ0v) is 27.3. The molecule has 17 heteroatoms. The lowest BCUT2D eigenvalue weighted by atomic mass is 10.2. The Morgan fingerprint density at radius 1 is 0.417 bits per heavy atom. The van der Waals surface area contributed by atoms with E-state index >= 15 is 0 Å². The summed E-state index contributed by atoms with van der Waals surface area (Å²) < 4.78 is 118. The van der Waals surface area contributed by atoms with Crippen LogP contribution in [0.15, 0.2) is 0 Å². The number of esters is 2. The number of hydrogen-bond acceptors (Lipinski definition) is 12.